The number of fused-ring (bicyclic) bond motifs is 2. The molecule has 0 unspecified atom stereocenters. The SMILES string of the molecule is C[Si](C)(C)CCOCn1cc(-c2cnc3c(Nc4cc(C=O)ns4)nccn23)cn1.C[Si](C)(C)CCOCn1cc(-c2cnc3c(Nc4cc(CO)ns4)nccn23)cn1. The summed E-state index contributed by atoms with van der Waals surface area (Å²) in [7, 11) is -2.19. The minimum Gasteiger partial charge on any atom is -0.390 e. The van der Waals surface area contributed by atoms with Crippen molar-refractivity contribution in [2.45, 2.75) is 71.4 Å². The predicted molar refractivity (Wildman–Crippen MR) is 239 cm³/mol. The molecule has 0 saturated carbocycles. The topological polar surface area (TPSA) is 202 Å². The van der Waals surface area contributed by atoms with Crippen LogP contribution in [0.2, 0.25) is 51.4 Å². The third-order valence-electron chi connectivity index (χ3n) is 9.01. The number of aldehydes is 1. The van der Waals surface area contributed by atoms with Gasteiger partial charge in [-0.2, -0.15) is 18.9 Å². The van der Waals surface area contributed by atoms with E-state index in [1.807, 2.05) is 39.8 Å². The van der Waals surface area contributed by atoms with Gasteiger partial charge >= 0.3 is 0 Å². The van der Waals surface area contributed by atoms with E-state index in [0.717, 1.165) is 64.1 Å². The van der Waals surface area contributed by atoms with Gasteiger partial charge in [-0.1, -0.05) is 39.3 Å². The van der Waals surface area contributed by atoms with Gasteiger partial charge < -0.3 is 25.2 Å². The van der Waals surface area contributed by atoms with Crippen molar-refractivity contribution in [2.75, 3.05) is 23.8 Å². The number of hydrogen-bond acceptors (Lipinski definition) is 16. The third-order valence-corrected chi connectivity index (χ3v) is 13.9. The number of rotatable bonds is 18. The van der Waals surface area contributed by atoms with Gasteiger partial charge in [0.2, 0.25) is 0 Å². The number of anilines is 4. The summed E-state index contributed by atoms with van der Waals surface area (Å²) in [5.74, 6) is 1.21. The van der Waals surface area contributed by atoms with Gasteiger partial charge in [-0.15, -0.1) is 0 Å². The molecule has 3 N–H and O–H groups in total. The molecule has 8 aromatic rings. The molecule has 18 nitrogen and oxygen atoms in total. The zero-order valence-corrected chi connectivity index (χ0v) is 37.9. The first-order valence-electron chi connectivity index (χ1n) is 19.2. The minimum atomic E-state index is -1.10. The van der Waals surface area contributed by atoms with Gasteiger partial charge in [0, 0.05) is 83.7 Å². The first-order chi connectivity index (χ1) is 28.9. The van der Waals surface area contributed by atoms with Crippen LogP contribution >= 0.6 is 23.1 Å². The molecule has 0 bridgehead atoms. The van der Waals surface area contributed by atoms with Gasteiger partial charge in [0.1, 0.15) is 29.2 Å². The van der Waals surface area contributed by atoms with Gasteiger partial charge in [-0.3, -0.25) is 13.6 Å². The largest absolute Gasteiger partial charge is 0.390 e. The molecule has 314 valence electrons. The zero-order valence-electron chi connectivity index (χ0n) is 34.3. The standard InChI is InChI=1S/C19H25N7O2SSi.C19H23N7O2SSi/c2*1-30(2,3)7-6-28-13-25-11-14(9-22-25)16-10-21-19-18(20-4-5-26(16)19)23-17-8-15(12-27)24-29-17/h4-5,8-11,27H,6-7,12-13H2,1-3H3,(H,20,23);4-5,8-12H,6-7,13H2,1-3H3,(H,20,23). The Bertz CT molecular complexity index is 2650. The van der Waals surface area contributed by atoms with E-state index < -0.39 is 16.1 Å². The molecule has 0 amide bonds. The van der Waals surface area contributed by atoms with Crippen LogP contribution in [-0.2, 0) is 29.5 Å². The van der Waals surface area contributed by atoms with Gasteiger partial charge in [-0.25, -0.2) is 29.3 Å². The maximum Gasteiger partial charge on any atom is 0.180 e. The molecule has 8 aromatic heterocycles. The third kappa shape index (κ3) is 11.0. The number of nitrogens with one attached hydrogen (secondary N) is 2. The molecule has 0 spiro atoms. The maximum atomic E-state index is 10.8. The number of imidazole rings is 2. The van der Waals surface area contributed by atoms with Crippen LogP contribution in [0.1, 0.15) is 16.2 Å². The molecule has 0 fully saturated rings. The molecular weight excluding hydrogens is 837 g/mol. The van der Waals surface area contributed by atoms with Gasteiger partial charge in [0.25, 0.3) is 0 Å². The minimum absolute atomic E-state index is 0.0881. The molecule has 8 heterocycles. The number of carbonyl (C=O) groups is 1. The average Bonchev–Trinajstić information content (AvgIpc) is 4.07. The quantitative estimate of drug-likeness (QED) is 0.0434. The van der Waals surface area contributed by atoms with Crippen molar-refractivity contribution in [2.24, 2.45) is 0 Å². The van der Waals surface area contributed by atoms with Crippen LogP contribution < -0.4 is 10.6 Å². The fourth-order valence-corrected chi connectivity index (χ4v) is 8.52. The highest BCUT2D eigenvalue weighted by Crippen LogP contribution is 2.28. The number of aromatic nitrogens is 12. The van der Waals surface area contributed by atoms with E-state index in [0.29, 0.717) is 47.8 Å². The highest BCUT2D eigenvalue weighted by atomic mass is 32.1. The molecule has 0 aromatic carbocycles. The number of aliphatic hydroxyl groups is 1. The second-order valence-corrected chi connectivity index (χ2v) is 29.1. The Balaban J connectivity index is 0.000000181. The van der Waals surface area contributed by atoms with Gasteiger partial charge in [0.15, 0.2) is 29.2 Å². The molecular formula is C38H48N14O4S2Si2. The molecule has 0 atom stereocenters. The number of aliphatic hydroxyl groups excluding tert-OH is 1. The number of carbonyl (C=O) groups excluding carboxylic acids is 1. The van der Waals surface area contributed by atoms with Crippen molar-refractivity contribution in [3.8, 4) is 22.5 Å². The summed E-state index contributed by atoms with van der Waals surface area (Å²) in [5.41, 5.74) is 6.10. The molecule has 60 heavy (non-hydrogen) atoms. The lowest BCUT2D eigenvalue weighted by molar-refractivity contribution is 0.0785. The van der Waals surface area contributed by atoms with Crippen molar-refractivity contribution in [3.63, 3.8) is 0 Å². The van der Waals surface area contributed by atoms with Crippen LogP contribution in [0.15, 0.2) is 74.1 Å². The monoisotopic (exact) mass is 884 g/mol. The van der Waals surface area contributed by atoms with Crippen LogP contribution in [0.3, 0.4) is 0 Å². The summed E-state index contributed by atoms with van der Waals surface area (Å²) in [4.78, 5) is 28.7. The van der Waals surface area contributed by atoms with E-state index in [9.17, 15) is 9.90 Å². The summed E-state index contributed by atoms with van der Waals surface area (Å²) < 4.78 is 27.3. The summed E-state index contributed by atoms with van der Waals surface area (Å²) >= 11 is 2.47. The Morgan fingerprint density at radius 1 is 0.700 bits per heavy atom. The molecule has 22 heteroatoms. The van der Waals surface area contributed by atoms with Crippen molar-refractivity contribution < 1.29 is 19.4 Å². The lowest BCUT2D eigenvalue weighted by Crippen LogP contribution is -2.22. The fraction of sp³-hybridized carbons (Fsp3) is 0.342. The smallest absolute Gasteiger partial charge is 0.180 e. The lowest BCUT2D eigenvalue weighted by Gasteiger charge is -2.15. The molecule has 0 aliphatic carbocycles. The highest BCUT2D eigenvalue weighted by Gasteiger charge is 2.17. The van der Waals surface area contributed by atoms with Crippen LogP contribution in [0.5, 0.6) is 0 Å². The van der Waals surface area contributed by atoms with Gasteiger partial charge in [0.05, 0.1) is 48.5 Å². The fourth-order valence-electron chi connectivity index (χ4n) is 5.73. The van der Waals surface area contributed by atoms with Crippen molar-refractivity contribution >= 4 is 78.4 Å². The van der Waals surface area contributed by atoms with Crippen molar-refractivity contribution in [1.82, 2.24) is 57.0 Å². The normalized spacial score (nSPS) is 11.9. The first-order valence-corrected chi connectivity index (χ1v) is 28.2. The molecule has 0 aliphatic rings. The number of nitrogens with zero attached hydrogens (tertiary/aromatic N) is 12. The Hall–Kier alpha value is -5.50. The summed E-state index contributed by atoms with van der Waals surface area (Å²) in [6.07, 6.45) is 19.0. The predicted octanol–water partition coefficient (Wildman–Crippen LogP) is 7.52. The Morgan fingerprint density at radius 3 is 1.65 bits per heavy atom. The van der Waals surface area contributed by atoms with Gasteiger partial charge in [-0.05, 0) is 41.2 Å². The Morgan fingerprint density at radius 2 is 1.20 bits per heavy atom. The van der Waals surface area contributed by atoms with Crippen molar-refractivity contribution in [1.29, 1.82) is 0 Å². The Labute approximate surface area is 356 Å². The van der Waals surface area contributed by atoms with Crippen LogP contribution in [0.25, 0.3) is 33.8 Å². The first kappa shape index (κ1) is 42.6. The van der Waals surface area contributed by atoms with Crippen LogP contribution in [0.4, 0.5) is 21.6 Å². The van der Waals surface area contributed by atoms with E-state index in [4.69, 9.17) is 9.47 Å². The summed E-state index contributed by atoms with van der Waals surface area (Å²) in [6, 6.07) is 5.74. The second-order valence-electron chi connectivity index (χ2n) is 16.3. The van der Waals surface area contributed by atoms with Crippen molar-refractivity contribution in [3.05, 3.63) is 85.5 Å². The molecule has 8 rings (SSSR count). The number of ether oxygens (including phenoxy) is 2. The van der Waals surface area contributed by atoms with E-state index in [2.05, 4.69) is 88.8 Å². The molecule has 0 aliphatic heterocycles. The number of hydrogen-bond donors (Lipinski definition) is 3. The molecule has 0 saturated heterocycles. The lowest BCUT2D eigenvalue weighted by atomic mass is 10.3. The van der Waals surface area contributed by atoms with E-state index >= 15 is 0 Å². The zero-order chi connectivity index (χ0) is 42.3. The molecule has 0 radical (unpaired) electrons. The average molecular weight is 885 g/mol. The summed E-state index contributed by atoms with van der Waals surface area (Å²) in [6.45, 7) is 16.3. The Kier molecular flexibility index (Phi) is 13.4. The van der Waals surface area contributed by atoms with E-state index in [1.165, 1.54) is 23.1 Å². The highest BCUT2D eigenvalue weighted by molar-refractivity contribution is 7.10. The maximum absolute atomic E-state index is 10.8. The van der Waals surface area contributed by atoms with E-state index in [1.54, 1.807) is 52.5 Å². The second kappa shape index (κ2) is 18.8. The van der Waals surface area contributed by atoms with Crippen LogP contribution in [-0.4, -0.2) is 97.8 Å². The van der Waals surface area contributed by atoms with Crippen LogP contribution in [0, 0.1) is 0 Å². The summed E-state index contributed by atoms with van der Waals surface area (Å²) in [5, 5.41) is 26.0. The van der Waals surface area contributed by atoms with E-state index in [-0.39, 0.29) is 6.61 Å².